The maximum atomic E-state index is 13.3. The van der Waals surface area contributed by atoms with Crippen LogP contribution in [0.5, 0.6) is 17.2 Å². The van der Waals surface area contributed by atoms with Crippen LogP contribution in [0, 0.1) is 0 Å². The zero-order valence-electron chi connectivity index (χ0n) is 16.1. The molecule has 0 amide bonds. The van der Waals surface area contributed by atoms with Gasteiger partial charge in [-0.3, -0.25) is 0 Å². The van der Waals surface area contributed by atoms with E-state index in [2.05, 4.69) is 0 Å². The Morgan fingerprint density at radius 1 is 1.10 bits per heavy atom. The van der Waals surface area contributed by atoms with Crippen molar-refractivity contribution >= 4 is 16.0 Å². The number of carbonyl (C=O) groups is 1. The zero-order valence-corrected chi connectivity index (χ0v) is 16.9. The molecular weight excluding hydrogens is 398 g/mol. The Labute approximate surface area is 169 Å². The number of nitrogens with zero attached hydrogens (tertiary/aromatic N) is 1. The normalized spacial score (nSPS) is 18.6. The molecule has 1 atom stereocenters. The topological polar surface area (TPSA) is 91.4 Å². The van der Waals surface area contributed by atoms with Crippen molar-refractivity contribution in [1.82, 2.24) is 4.31 Å². The SMILES string of the molecule is COC(=O)c1ccc(OC)c(S(=O)(=O)N2CCC(c3ccc4c(c3)OCO4)C2)c1. The quantitative estimate of drug-likeness (QED) is 0.687. The molecule has 154 valence electrons. The second-order valence-corrected chi connectivity index (χ2v) is 8.72. The molecule has 0 N–H and O–H groups in total. The number of benzene rings is 2. The highest BCUT2D eigenvalue weighted by Crippen LogP contribution is 2.39. The zero-order chi connectivity index (χ0) is 20.6. The summed E-state index contributed by atoms with van der Waals surface area (Å²) in [5.41, 5.74) is 1.15. The van der Waals surface area contributed by atoms with Gasteiger partial charge in [-0.2, -0.15) is 4.31 Å². The van der Waals surface area contributed by atoms with Gasteiger partial charge in [0.2, 0.25) is 16.8 Å². The van der Waals surface area contributed by atoms with Gasteiger partial charge in [-0.05, 0) is 48.2 Å². The fraction of sp³-hybridized carbons (Fsp3) is 0.350. The van der Waals surface area contributed by atoms with E-state index in [1.54, 1.807) is 0 Å². The van der Waals surface area contributed by atoms with Crippen LogP contribution < -0.4 is 14.2 Å². The van der Waals surface area contributed by atoms with Crippen molar-refractivity contribution in [3.63, 3.8) is 0 Å². The Bertz CT molecular complexity index is 1050. The molecule has 2 aliphatic heterocycles. The lowest BCUT2D eigenvalue weighted by molar-refractivity contribution is 0.0600. The number of carbonyl (C=O) groups excluding carboxylic acids is 1. The highest BCUT2D eigenvalue weighted by atomic mass is 32.2. The van der Waals surface area contributed by atoms with E-state index >= 15 is 0 Å². The summed E-state index contributed by atoms with van der Waals surface area (Å²) in [6, 6.07) is 9.92. The van der Waals surface area contributed by atoms with Crippen molar-refractivity contribution in [2.24, 2.45) is 0 Å². The molecule has 0 bridgehead atoms. The molecule has 1 saturated heterocycles. The van der Waals surface area contributed by atoms with Gasteiger partial charge in [0.15, 0.2) is 11.5 Å². The van der Waals surface area contributed by atoms with E-state index in [9.17, 15) is 13.2 Å². The fourth-order valence-electron chi connectivity index (χ4n) is 3.65. The first-order valence-electron chi connectivity index (χ1n) is 9.10. The van der Waals surface area contributed by atoms with Crippen LogP contribution in [0.4, 0.5) is 0 Å². The number of rotatable bonds is 5. The van der Waals surface area contributed by atoms with Gasteiger partial charge in [0.25, 0.3) is 0 Å². The lowest BCUT2D eigenvalue weighted by Gasteiger charge is -2.19. The molecule has 0 aromatic heterocycles. The third kappa shape index (κ3) is 3.51. The summed E-state index contributed by atoms with van der Waals surface area (Å²) in [6.45, 7) is 0.890. The van der Waals surface area contributed by atoms with Crippen molar-refractivity contribution in [1.29, 1.82) is 0 Å². The second-order valence-electron chi connectivity index (χ2n) is 6.82. The Morgan fingerprint density at radius 2 is 1.90 bits per heavy atom. The summed E-state index contributed by atoms with van der Waals surface area (Å²) >= 11 is 0. The van der Waals surface area contributed by atoms with Crippen LogP contribution in [0.1, 0.15) is 28.3 Å². The molecular formula is C20H21NO7S. The van der Waals surface area contributed by atoms with Crippen LogP contribution in [-0.2, 0) is 14.8 Å². The van der Waals surface area contributed by atoms with Gasteiger partial charge in [0.1, 0.15) is 10.6 Å². The number of fused-ring (bicyclic) bond motifs is 1. The van der Waals surface area contributed by atoms with Crippen molar-refractivity contribution in [2.75, 3.05) is 34.1 Å². The summed E-state index contributed by atoms with van der Waals surface area (Å²) in [5.74, 6) is 0.985. The van der Waals surface area contributed by atoms with Crippen molar-refractivity contribution in [3.05, 3.63) is 47.5 Å². The maximum Gasteiger partial charge on any atom is 0.337 e. The van der Waals surface area contributed by atoms with Gasteiger partial charge in [-0.1, -0.05) is 6.07 Å². The molecule has 4 rings (SSSR count). The smallest absolute Gasteiger partial charge is 0.337 e. The molecule has 0 saturated carbocycles. The highest BCUT2D eigenvalue weighted by molar-refractivity contribution is 7.89. The Kier molecular flexibility index (Phi) is 5.10. The summed E-state index contributed by atoms with van der Waals surface area (Å²) in [6.07, 6.45) is 0.678. The van der Waals surface area contributed by atoms with E-state index in [0.29, 0.717) is 31.0 Å². The van der Waals surface area contributed by atoms with Crippen LogP contribution in [0.25, 0.3) is 0 Å². The van der Waals surface area contributed by atoms with Gasteiger partial charge >= 0.3 is 5.97 Å². The molecule has 8 nitrogen and oxygen atoms in total. The van der Waals surface area contributed by atoms with Crippen LogP contribution in [0.15, 0.2) is 41.3 Å². The molecule has 2 aromatic carbocycles. The van der Waals surface area contributed by atoms with Crippen molar-refractivity contribution < 1.29 is 32.2 Å². The first kappa shape index (κ1) is 19.5. The summed E-state index contributed by atoms with van der Waals surface area (Å²) in [5, 5.41) is 0. The number of hydrogen-bond donors (Lipinski definition) is 0. The van der Waals surface area contributed by atoms with Gasteiger partial charge < -0.3 is 18.9 Å². The van der Waals surface area contributed by atoms with Crippen LogP contribution >= 0.6 is 0 Å². The molecule has 0 spiro atoms. The molecule has 9 heteroatoms. The third-order valence-electron chi connectivity index (χ3n) is 5.22. The number of esters is 1. The minimum atomic E-state index is -3.85. The first-order chi connectivity index (χ1) is 13.9. The monoisotopic (exact) mass is 419 g/mol. The number of hydrogen-bond acceptors (Lipinski definition) is 7. The lowest BCUT2D eigenvalue weighted by Crippen LogP contribution is -2.29. The molecule has 2 aliphatic rings. The largest absolute Gasteiger partial charge is 0.495 e. The van der Waals surface area contributed by atoms with Gasteiger partial charge in [0.05, 0.1) is 19.8 Å². The van der Waals surface area contributed by atoms with Gasteiger partial charge in [-0.15, -0.1) is 0 Å². The Morgan fingerprint density at radius 3 is 2.66 bits per heavy atom. The Hall–Kier alpha value is -2.78. The van der Waals surface area contributed by atoms with Crippen LogP contribution in [-0.4, -0.2) is 52.8 Å². The third-order valence-corrected chi connectivity index (χ3v) is 7.11. The number of ether oxygens (including phenoxy) is 4. The van der Waals surface area contributed by atoms with E-state index in [1.165, 1.54) is 36.7 Å². The van der Waals surface area contributed by atoms with E-state index in [1.807, 2.05) is 18.2 Å². The number of sulfonamides is 1. The van der Waals surface area contributed by atoms with Crippen LogP contribution in [0.2, 0.25) is 0 Å². The molecule has 0 radical (unpaired) electrons. The minimum absolute atomic E-state index is 0.0362. The maximum absolute atomic E-state index is 13.3. The van der Waals surface area contributed by atoms with Crippen molar-refractivity contribution in [3.8, 4) is 17.2 Å². The van der Waals surface area contributed by atoms with E-state index in [4.69, 9.17) is 18.9 Å². The average Bonchev–Trinajstić information content (AvgIpc) is 3.41. The molecule has 29 heavy (non-hydrogen) atoms. The molecule has 2 heterocycles. The highest BCUT2D eigenvalue weighted by Gasteiger charge is 2.36. The van der Waals surface area contributed by atoms with Crippen molar-refractivity contribution in [2.45, 2.75) is 17.2 Å². The molecule has 1 fully saturated rings. The Balaban J connectivity index is 1.61. The van der Waals surface area contributed by atoms with E-state index in [0.717, 1.165) is 5.56 Å². The first-order valence-corrected chi connectivity index (χ1v) is 10.5. The minimum Gasteiger partial charge on any atom is -0.495 e. The predicted octanol–water partition coefficient (Wildman–Crippen LogP) is 2.39. The predicted molar refractivity (Wildman–Crippen MR) is 103 cm³/mol. The second kappa shape index (κ2) is 7.57. The fourth-order valence-corrected chi connectivity index (χ4v) is 5.33. The average molecular weight is 419 g/mol. The summed E-state index contributed by atoms with van der Waals surface area (Å²) in [7, 11) is -1.21. The van der Waals surface area contributed by atoms with Crippen LogP contribution in [0.3, 0.4) is 0 Å². The lowest BCUT2D eigenvalue weighted by atomic mass is 9.98. The number of methoxy groups -OCH3 is 2. The molecule has 1 unspecified atom stereocenters. The van der Waals surface area contributed by atoms with Gasteiger partial charge in [-0.25, -0.2) is 13.2 Å². The van der Waals surface area contributed by atoms with E-state index in [-0.39, 0.29) is 28.9 Å². The van der Waals surface area contributed by atoms with E-state index < -0.39 is 16.0 Å². The molecule has 0 aliphatic carbocycles. The standard InChI is InChI=1S/C20H21NO7S/c1-25-17-6-4-14(20(22)26-2)10-19(17)29(23,24)21-8-7-15(11-21)13-3-5-16-18(9-13)28-12-27-16/h3-6,9-10,15H,7-8,11-12H2,1-2H3. The summed E-state index contributed by atoms with van der Waals surface area (Å²) < 4.78 is 48.7. The summed E-state index contributed by atoms with van der Waals surface area (Å²) in [4.78, 5) is 11.8. The molecule has 2 aromatic rings. The van der Waals surface area contributed by atoms with Gasteiger partial charge in [0, 0.05) is 13.1 Å².